The Bertz CT molecular complexity index is 1060. The molecule has 2 aliphatic rings. The van der Waals surface area contributed by atoms with Crippen LogP contribution in [0.4, 0.5) is 0 Å². The fourth-order valence-electron chi connectivity index (χ4n) is 3.07. The number of allylic oxidation sites excluding steroid dienone is 1. The molecular formula is C20H17NO5S2. The molecule has 28 heavy (non-hydrogen) atoms. The Balaban J connectivity index is 1.59. The Morgan fingerprint density at radius 2 is 1.82 bits per heavy atom. The van der Waals surface area contributed by atoms with Crippen LogP contribution in [0, 0.1) is 0 Å². The summed E-state index contributed by atoms with van der Waals surface area (Å²) in [5.74, 6) is -0.566. The van der Waals surface area contributed by atoms with E-state index in [0.717, 1.165) is 4.90 Å². The number of ether oxygens (including phenoxy) is 1. The zero-order chi connectivity index (χ0) is 19.7. The van der Waals surface area contributed by atoms with Crippen LogP contribution in [-0.2, 0) is 14.8 Å². The maximum absolute atomic E-state index is 12.8. The molecule has 0 saturated carbocycles. The predicted molar refractivity (Wildman–Crippen MR) is 107 cm³/mol. The van der Waals surface area contributed by atoms with Gasteiger partial charge in [0.2, 0.25) is 10.0 Å². The van der Waals surface area contributed by atoms with Crippen molar-refractivity contribution < 1.29 is 23.1 Å². The lowest BCUT2D eigenvalue weighted by Crippen LogP contribution is -2.37. The number of fused-ring (bicyclic) bond motifs is 2. The molecule has 0 spiro atoms. The number of carbonyl (C=O) groups is 1. The van der Waals surface area contributed by atoms with E-state index in [1.807, 2.05) is 24.3 Å². The molecule has 0 bridgehead atoms. The molecule has 2 aromatic carbocycles. The van der Waals surface area contributed by atoms with Gasteiger partial charge in [0, 0.05) is 0 Å². The maximum atomic E-state index is 12.8. The number of nitrogens with one attached hydrogen (secondary N) is 1. The standard InChI is InChI=1S/C20H17NO5S2/c22-20(23)19(13-6-2-1-3-7-13)21-28(24,25)14-10-11-18-16(12-14)26-15-8-4-5-9-17(15)27-18/h1-12,16,18-19,21H,(H,22,23). The molecule has 2 N–H and O–H groups in total. The first kappa shape index (κ1) is 18.8. The van der Waals surface area contributed by atoms with Crippen molar-refractivity contribution in [2.24, 2.45) is 0 Å². The number of aliphatic carboxylic acids is 1. The van der Waals surface area contributed by atoms with Crippen LogP contribution in [0.1, 0.15) is 11.6 Å². The van der Waals surface area contributed by atoms with Gasteiger partial charge in [-0.15, -0.1) is 11.8 Å². The Hall–Kier alpha value is -2.55. The first-order chi connectivity index (χ1) is 13.4. The Kier molecular flexibility index (Phi) is 5.01. The third-order valence-electron chi connectivity index (χ3n) is 4.44. The molecule has 0 fully saturated rings. The Morgan fingerprint density at radius 1 is 1.11 bits per heavy atom. The zero-order valence-electron chi connectivity index (χ0n) is 14.6. The van der Waals surface area contributed by atoms with Gasteiger partial charge in [-0.2, -0.15) is 4.72 Å². The first-order valence-electron chi connectivity index (χ1n) is 8.56. The molecule has 4 rings (SSSR count). The quantitative estimate of drug-likeness (QED) is 0.780. The SMILES string of the molecule is O=C(O)C(NS(=O)(=O)C1=CC2Oc3ccccc3SC2C=C1)c1ccccc1. The molecule has 0 amide bonds. The minimum atomic E-state index is -4.05. The minimum absolute atomic E-state index is 0.00378. The number of hydrogen-bond acceptors (Lipinski definition) is 5. The van der Waals surface area contributed by atoms with Gasteiger partial charge >= 0.3 is 5.97 Å². The van der Waals surface area contributed by atoms with Crippen LogP contribution in [-0.4, -0.2) is 30.8 Å². The van der Waals surface area contributed by atoms with Crippen LogP contribution in [0.15, 0.2) is 82.6 Å². The summed E-state index contributed by atoms with van der Waals surface area (Å²) in [5.41, 5.74) is 0.357. The summed E-state index contributed by atoms with van der Waals surface area (Å²) in [6.07, 6.45) is 4.35. The smallest absolute Gasteiger partial charge is 0.326 e. The highest BCUT2D eigenvalue weighted by Gasteiger charge is 2.34. The van der Waals surface area contributed by atoms with E-state index in [1.165, 1.54) is 12.2 Å². The molecule has 144 valence electrons. The van der Waals surface area contributed by atoms with Crippen LogP contribution in [0.2, 0.25) is 0 Å². The monoisotopic (exact) mass is 415 g/mol. The molecule has 3 unspecified atom stereocenters. The Morgan fingerprint density at radius 3 is 2.57 bits per heavy atom. The molecule has 8 heteroatoms. The maximum Gasteiger partial charge on any atom is 0.326 e. The van der Waals surface area contributed by atoms with Crippen molar-refractivity contribution in [1.29, 1.82) is 0 Å². The van der Waals surface area contributed by atoms with Crippen LogP contribution in [0.3, 0.4) is 0 Å². The van der Waals surface area contributed by atoms with E-state index in [-0.39, 0.29) is 10.2 Å². The van der Waals surface area contributed by atoms with Crippen LogP contribution >= 0.6 is 11.8 Å². The highest BCUT2D eigenvalue weighted by molar-refractivity contribution is 8.00. The van der Waals surface area contributed by atoms with Crippen molar-refractivity contribution in [3.63, 3.8) is 0 Å². The highest BCUT2D eigenvalue weighted by Crippen LogP contribution is 2.42. The van der Waals surface area contributed by atoms with E-state index in [9.17, 15) is 18.3 Å². The van der Waals surface area contributed by atoms with E-state index in [0.29, 0.717) is 11.3 Å². The fourth-order valence-corrected chi connectivity index (χ4v) is 5.43. The summed E-state index contributed by atoms with van der Waals surface area (Å²) in [6.45, 7) is 0. The van der Waals surface area contributed by atoms with Crippen LogP contribution in [0.5, 0.6) is 5.75 Å². The molecule has 1 aliphatic carbocycles. The summed E-state index contributed by atoms with van der Waals surface area (Å²) in [4.78, 5) is 12.6. The van der Waals surface area contributed by atoms with Crippen molar-refractivity contribution in [3.05, 3.63) is 83.3 Å². The van der Waals surface area contributed by atoms with Gasteiger partial charge in [-0.05, 0) is 29.8 Å². The van der Waals surface area contributed by atoms with Gasteiger partial charge in [0.05, 0.1) is 15.1 Å². The molecule has 1 heterocycles. The predicted octanol–water partition coefficient (Wildman–Crippen LogP) is 3.11. The number of rotatable bonds is 5. The largest absolute Gasteiger partial charge is 0.484 e. The van der Waals surface area contributed by atoms with Crippen LogP contribution < -0.4 is 9.46 Å². The normalized spacial score (nSPS) is 21.6. The Labute approximate surface area is 167 Å². The summed E-state index contributed by atoms with van der Waals surface area (Å²) in [7, 11) is -4.05. The number of thioether (sulfide) groups is 1. The topological polar surface area (TPSA) is 92.7 Å². The van der Waals surface area contributed by atoms with Crippen molar-refractivity contribution in [3.8, 4) is 5.75 Å². The van der Waals surface area contributed by atoms with Gasteiger partial charge in [0.1, 0.15) is 17.9 Å². The lowest BCUT2D eigenvalue weighted by Gasteiger charge is -2.32. The van der Waals surface area contributed by atoms with Gasteiger partial charge in [-0.1, -0.05) is 48.5 Å². The zero-order valence-corrected chi connectivity index (χ0v) is 16.2. The number of para-hydroxylation sites is 1. The third kappa shape index (κ3) is 3.71. The average molecular weight is 415 g/mol. The molecule has 0 radical (unpaired) electrons. The number of carboxylic acids is 1. The molecule has 1 aliphatic heterocycles. The van der Waals surface area contributed by atoms with Gasteiger partial charge in [0.15, 0.2) is 0 Å². The number of hydrogen-bond donors (Lipinski definition) is 2. The van der Waals surface area contributed by atoms with Crippen molar-refractivity contribution in [1.82, 2.24) is 4.72 Å². The van der Waals surface area contributed by atoms with Crippen molar-refractivity contribution >= 4 is 27.8 Å². The van der Waals surface area contributed by atoms with Crippen LogP contribution in [0.25, 0.3) is 0 Å². The number of benzene rings is 2. The van der Waals surface area contributed by atoms with E-state index in [1.54, 1.807) is 48.2 Å². The van der Waals surface area contributed by atoms with Crippen molar-refractivity contribution in [2.75, 3.05) is 0 Å². The number of carboxylic acid groups (broad SMARTS) is 1. The molecule has 0 saturated heterocycles. The summed E-state index contributed by atoms with van der Waals surface area (Å²) >= 11 is 1.60. The lowest BCUT2D eigenvalue weighted by atomic mass is 10.1. The van der Waals surface area contributed by atoms with Gasteiger partial charge in [0.25, 0.3) is 0 Å². The second-order valence-electron chi connectivity index (χ2n) is 6.34. The summed E-state index contributed by atoms with van der Waals surface area (Å²) in [6, 6.07) is 14.4. The van der Waals surface area contributed by atoms with E-state index in [2.05, 4.69) is 4.72 Å². The molecular weight excluding hydrogens is 398 g/mol. The minimum Gasteiger partial charge on any atom is -0.484 e. The molecule has 3 atom stereocenters. The third-order valence-corrected chi connectivity index (χ3v) is 7.17. The molecule has 2 aromatic rings. The fraction of sp³-hybridized carbons (Fsp3) is 0.150. The van der Waals surface area contributed by atoms with Crippen molar-refractivity contribution in [2.45, 2.75) is 22.3 Å². The number of sulfonamides is 1. The summed E-state index contributed by atoms with van der Waals surface area (Å²) in [5, 5.41) is 9.45. The second kappa shape index (κ2) is 7.46. The average Bonchev–Trinajstić information content (AvgIpc) is 2.70. The molecule has 0 aromatic heterocycles. The van der Waals surface area contributed by atoms with Gasteiger partial charge < -0.3 is 9.84 Å². The lowest BCUT2D eigenvalue weighted by molar-refractivity contribution is -0.139. The van der Waals surface area contributed by atoms with E-state index < -0.39 is 28.1 Å². The van der Waals surface area contributed by atoms with E-state index >= 15 is 0 Å². The second-order valence-corrected chi connectivity index (χ2v) is 9.28. The van der Waals surface area contributed by atoms with Gasteiger partial charge in [-0.25, -0.2) is 8.42 Å². The summed E-state index contributed by atoms with van der Waals surface area (Å²) < 4.78 is 33.9. The molecule has 6 nitrogen and oxygen atoms in total. The van der Waals surface area contributed by atoms with Gasteiger partial charge in [-0.3, -0.25) is 4.79 Å². The van der Waals surface area contributed by atoms with E-state index in [4.69, 9.17) is 4.74 Å². The first-order valence-corrected chi connectivity index (χ1v) is 10.9. The highest BCUT2D eigenvalue weighted by atomic mass is 32.2.